The van der Waals surface area contributed by atoms with Crippen LogP contribution in [-0.4, -0.2) is 42.1 Å². The fraction of sp³-hybridized carbons (Fsp3) is 0.769. The highest BCUT2D eigenvalue weighted by atomic mass is 15.3. The van der Waals surface area contributed by atoms with Gasteiger partial charge in [-0.15, -0.1) is 0 Å². The fourth-order valence-electron chi connectivity index (χ4n) is 2.02. The Morgan fingerprint density at radius 3 is 2.21 bits per heavy atom. The molecule has 2 N–H and O–H groups in total. The molecule has 1 aromatic heterocycles. The molecule has 1 aliphatic rings. The molecule has 6 heteroatoms. The van der Waals surface area contributed by atoms with E-state index in [1.54, 1.807) is 0 Å². The third kappa shape index (κ3) is 3.45. The normalized spacial score (nSPS) is 19.9. The monoisotopic (exact) mass is 264 g/mol. The average Bonchev–Trinajstić information content (AvgIpc) is 2.95. The number of nitrogens with zero attached hydrogens (tertiary/aromatic N) is 4. The first-order valence-corrected chi connectivity index (χ1v) is 6.83. The predicted molar refractivity (Wildman–Crippen MR) is 78.7 cm³/mol. The highest BCUT2D eigenvalue weighted by molar-refractivity contribution is 5.43. The van der Waals surface area contributed by atoms with E-state index in [9.17, 15) is 0 Å². The fourth-order valence-corrected chi connectivity index (χ4v) is 2.02. The first kappa shape index (κ1) is 13.8. The van der Waals surface area contributed by atoms with E-state index in [4.69, 9.17) is 0 Å². The maximum Gasteiger partial charge on any atom is 0.231 e. The van der Waals surface area contributed by atoms with E-state index in [1.807, 2.05) is 25.9 Å². The summed E-state index contributed by atoms with van der Waals surface area (Å²) in [6.45, 7) is 8.34. The number of rotatable bonds is 6. The summed E-state index contributed by atoms with van der Waals surface area (Å²) < 4.78 is 0. The lowest BCUT2D eigenvalue weighted by Gasteiger charge is -2.14. The summed E-state index contributed by atoms with van der Waals surface area (Å²) >= 11 is 0. The van der Waals surface area contributed by atoms with Crippen molar-refractivity contribution in [3.8, 4) is 0 Å². The molecule has 0 aliphatic heterocycles. The first-order chi connectivity index (χ1) is 8.92. The van der Waals surface area contributed by atoms with Crippen LogP contribution in [0.25, 0.3) is 0 Å². The molecule has 19 heavy (non-hydrogen) atoms. The molecule has 1 heterocycles. The summed E-state index contributed by atoms with van der Waals surface area (Å²) in [5.74, 6) is 2.66. The van der Waals surface area contributed by atoms with Gasteiger partial charge in [-0.1, -0.05) is 13.8 Å². The predicted octanol–water partition coefficient (Wildman–Crippen LogP) is 1.83. The van der Waals surface area contributed by atoms with Gasteiger partial charge >= 0.3 is 0 Å². The highest BCUT2D eigenvalue weighted by Gasteiger charge is 2.45. The van der Waals surface area contributed by atoms with Gasteiger partial charge in [0.05, 0.1) is 0 Å². The number of anilines is 3. The molecule has 0 spiro atoms. The van der Waals surface area contributed by atoms with Crippen molar-refractivity contribution in [2.75, 3.05) is 42.7 Å². The van der Waals surface area contributed by atoms with E-state index >= 15 is 0 Å². The molecule has 0 radical (unpaired) electrons. The first-order valence-electron chi connectivity index (χ1n) is 6.83. The van der Waals surface area contributed by atoms with Crippen molar-refractivity contribution in [3.05, 3.63) is 0 Å². The Kier molecular flexibility index (Phi) is 3.78. The van der Waals surface area contributed by atoms with Gasteiger partial charge in [-0.2, -0.15) is 15.0 Å². The van der Waals surface area contributed by atoms with Gasteiger partial charge in [-0.25, -0.2) is 0 Å². The Balaban J connectivity index is 2.05. The molecular formula is C13H24N6. The van der Waals surface area contributed by atoms with Gasteiger partial charge in [0.25, 0.3) is 0 Å². The van der Waals surface area contributed by atoms with E-state index in [0.717, 1.165) is 19.0 Å². The minimum atomic E-state index is 0.467. The molecule has 1 saturated carbocycles. The molecule has 0 aromatic carbocycles. The molecule has 0 saturated heterocycles. The van der Waals surface area contributed by atoms with E-state index in [-0.39, 0.29) is 0 Å². The van der Waals surface area contributed by atoms with Crippen LogP contribution in [0.2, 0.25) is 0 Å². The Bertz CT molecular complexity index is 443. The molecule has 1 atom stereocenters. The molecule has 1 aliphatic carbocycles. The van der Waals surface area contributed by atoms with Crippen molar-refractivity contribution < 1.29 is 0 Å². The van der Waals surface area contributed by atoms with Crippen molar-refractivity contribution in [1.82, 2.24) is 15.0 Å². The molecule has 1 fully saturated rings. The van der Waals surface area contributed by atoms with E-state index in [1.165, 1.54) is 6.42 Å². The standard InChI is InChI=1S/C13H24N6/c1-6-14-10-16-11(18-12(17-10)19(4)5)15-8-9-7-13(9,2)3/h9H,6-8H2,1-5H3,(H2,14,15,16,17,18). The van der Waals surface area contributed by atoms with Crippen molar-refractivity contribution >= 4 is 17.8 Å². The summed E-state index contributed by atoms with van der Waals surface area (Å²) in [4.78, 5) is 15.0. The van der Waals surface area contributed by atoms with Crippen molar-refractivity contribution in [3.63, 3.8) is 0 Å². The van der Waals surface area contributed by atoms with E-state index in [0.29, 0.717) is 23.3 Å². The maximum atomic E-state index is 4.42. The van der Waals surface area contributed by atoms with Crippen molar-refractivity contribution in [2.45, 2.75) is 27.2 Å². The van der Waals surface area contributed by atoms with E-state index in [2.05, 4.69) is 39.4 Å². The van der Waals surface area contributed by atoms with Gasteiger partial charge in [0, 0.05) is 27.2 Å². The lowest BCUT2D eigenvalue weighted by atomic mass is 10.1. The minimum Gasteiger partial charge on any atom is -0.354 e. The van der Waals surface area contributed by atoms with Gasteiger partial charge in [-0.3, -0.25) is 0 Å². The van der Waals surface area contributed by atoms with Crippen LogP contribution in [0, 0.1) is 11.3 Å². The summed E-state index contributed by atoms with van der Waals surface area (Å²) in [6.07, 6.45) is 1.27. The molecule has 0 amide bonds. The molecule has 2 rings (SSSR count). The van der Waals surface area contributed by atoms with Gasteiger partial charge in [0.15, 0.2) is 0 Å². The number of hydrogen-bond donors (Lipinski definition) is 2. The lowest BCUT2D eigenvalue weighted by Crippen LogP contribution is -2.18. The second kappa shape index (κ2) is 5.19. The smallest absolute Gasteiger partial charge is 0.231 e. The van der Waals surface area contributed by atoms with Crippen LogP contribution >= 0.6 is 0 Å². The number of aromatic nitrogens is 3. The summed E-state index contributed by atoms with van der Waals surface area (Å²) in [5, 5.41) is 6.46. The average molecular weight is 264 g/mol. The maximum absolute atomic E-state index is 4.42. The third-order valence-electron chi connectivity index (χ3n) is 3.58. The molecule has 0 bridgehead atoms. The SMILES string of the molecule is CCNc1nc(NCC2CC2(C)C)nc(N(C)C)n1. The summed E-state index contributed by atoms with van der Waals surface area (Å²) in [7, 11) is 3.86. The van der Waals surface area contributed by atoms with Gasteiger partial charge in [-0.05, 0) is 24.7 Å². The zero-order chi connectivity index (χ0) is 14.0. The Morgan fingerprint density at radius 2 is 1.74 bits per heavy atom. The molecule has 6 nitrogen and oxygen atoms in total. The Morgan fingerprint density at radius 1 is 1.16 bits per heavy atom. The van der Waals surface area contributed by atoms with E-state index < -0.39 is 0 Å². The Hall–Kier alpha value is -1.59. The lowest BCUT2D eigenvalue weighted by molar-refractivity contribution is 0.572. The van der Waals surface area contributed by atoms with Gasteiger partial charge in [0.2, 0.25) is 17.8 Å². The largest absolute Gasteiger partial charge is 0.354 e. The van der Waals surface area contributed by atoms with Crippen LogP contribution in [0.1, 0.15) is 27.2 Å². The van der Waals surface area contributed by atoms with Crippen LogP contribution in [0.5, 0.6) is 0 Å². The van der Waals surface area contributed by atoms with Crippen LogP contribution in [0.4, 0.5) is 17.8 Å². The van der Waals surface area contributed by atoms with Gasteiger partial charge in [0.1, 0.15) is 0 Å². The topological polar surface area (TPSA) is 66.0 Å². The molecule has 106 valence electrons. The zero-order valence-corrected chi connectivity index (χ0v) is 12.5. The number of hydrogen-bond acceptors (Lipinski definition) is 6. The number of nitrogens with one attached hydrogen (secondary N) is 2. The van der Waals surface area contributed by atoms with Crippen LogP contribution in [0.3, 0.4) is 0 Å². The highest BCUT2D eigenvalue weighted by Crippen LogP contribution is 2.51. The van der Waals surface area contributed by atoms with Crippen LogP contribution in [0.15, 0.2) is 0 Å². The summed E-state index contributed by atoms with van der Waals surface area (Å²) in [5.41, 5.74) is 0.467. The summed E-state index contributed by atoms with van der Waals surface area (Å²) in [6, 6.07) is 0. The third-order valence-corrected chi connectivity index (χ3v) is 3.58. The van der Waals surface area contributed by atoms with Crippen LogP contribution in [-0.2, 0) is 0 Å². The quantitative estimate of drug-likeness (QED) is 0.817. The van der Waals surface area contributed by atoms with Crippen molar-refractivity contribution in [2.24, 2.45) is 11.3 Å². The second-order valence-corrected chi connectivity index (χ2v) is 5.98. The van der Waals surface area contributed by atoms with Gasteiger partial charge < -0.3 is 15.5 Å². The zero-order valence-electron chi connectivity index (χ0n) is 12.5. The molecule has 1 aromatic rings. The van der Waals surface area contributed by atoms with Crippen LogP contribution < -0.4 is 15.5 Å². The minimum absolute atomic E-state index is 0.467. The molecular weight excluding hydrogens is 240 g/mol. The molecule has 1 unspecified atom stereocenters. The Labute approximate surface area is 115 Å². The second-order valence-electron chi connectivity index (χ2n) is 5.98. The van der Waals surface area contributed by atoms with Crippen molar-refractivity contribution in [1.29, 1.82) is 0 Å².